The fraction of sp³-hybridized carbons (Fsp3) is 0.0833. The number of hydrogen-bond acceptors (Lipinski definition) is 7. The van der Waals surface area contributed by atoms with Gasteiger partial charge in [0.2, 0.25) is 0 Å². The Morgan fingerprint density at radius 1 is 0.943 bits per heavy atom. The first-order chi connectivity index (χ1) is 17.0. The van der Waals surface area contributed by atoms with Crippen molar-refractivity contribution < 1.29 is 13.5 Å². The maximum Gasteiger partial charge on any atom is 0.316 e. The van der Waals surface area contributed by atoms with Crippen molar-refractivity contribution >= 4 is 21.9 Å². The summed E-state index contributed by atoms with van der Waals surface area (Å²) < 4.78 is 36.4. The standard InChI is InChI=1S/C24H16F2N8O/c1-12-31-21-14(23-29-11-30-33-23)9-13(17-5-7-28-24(32-17)35-2)10-19(21)34(12)18-6-8-27-22-16(26)4-3-15(25)20(18)22/h3-11H,1-2H3,(H,29,30,33). The highest BCUT2D eigenvalue weighted by atomic mass is 19.1. The maximum absolute atomic E-state index is 15.0. The topological polar surface area (TPSA) is 107 Å². The van der Waals surface area contributed by atoms with Gasteiger partial charge in [-0.3, -0.25) is 9.55 Å². The van der Waals surface area contributed by atoms with E-state index in [0.29, 0.717) is 39.6 Å². The van der Waals surface area contributed by atoms with Crippen molar-refractivity contribution in [2.45, 2.75) is 6.92 Å². The molecule has 0 unspecified atom stereocenters. The highest BCUT2D eigenvalue weighted by molar-refractivity contribution is 5.97. The number of rotatable bonds is 4. The molecule has 0 atom stereocenters. The van der Waals surface area contributed by atoms with Gasteiger partial charge in [-0.05, 0) is 43.3 Å². The molecule has 4 heterocycles. The van der Waals surface area contributed by atoms with E-state index in [1.54, 1.807) is 29.8 Å². The van der Waals surface area contributed by atoms with Crippen LogP contribution in [-0.2, 0) is 0 Å². The molecule has 2 aromatic carbocycles. The lowest BCUT2D eigenvalue weighted by atomic mass is 10.0. The second kappa shape index (κ2) is 7.90. The molecule has 0 amide bonds. The molecule has 0 saturated heterocycles. The van der Waals surface area contributed by atoms with E-state index in [0.717, 1.165) is 17.7 Å². The second-order valence-corrected chi connectivity index (χ2v) is 7.73. The number of hydrogen-bond donors (Lipinski definition) is 1. The molecule has 0 spiro atoms. The van der Waals surface area contributed by atoms with E-state index < -0.39 is 11.6 Å². The normalized spacial score (nSPS) is 11.4. The van der Waals surface area contributed by atoms with Gasteiger partial charge in [0, 0.05) is 23.5 Å². The SMILES string of the molecule is COc1nccc(-c2cc(-c3nnc[nH]3)c3nc(C)n(-c4ccnc5c(F)ccc(F)c45)c3c2)n1. The number of imidazole rings is 1. The Morgan fingerprint density at radius 3 is 2.57 bits per heavy atom. The van der Waals surface area contributed by atoms with Gasteiger partial charge in [-0.15, -0.1) is 10.2 Å². The molecule has 35 heavy (non-hydrogen) atoms. The summed E-state index contributed by atoms with van der Waals surface area (Å²) >= 11 is 0. The Morgan fingerprint density at radius 2 is 1.77 bits per heavy atom. The van der Waals surface area contributed by atoms with Crippen molar-refractivity contribution in [3.05, 3.63) is 72.6 Å². The van der Waals surface area contributed by atoms with Gasteiger partial charge in [0.15, 0.2) is 5.82 Å². The fourth-order valence-electron chi connectivity index (χ4n) is 4.23. The molecular formula is C24H16F2N8O. The van der Waals surface area contributed by atoms with Gasteiger partial charge in [0.1, 0.15) is 34.8 Å². The summed E-state index contributed by atoms with van der Waals surface area (Å²) in [6, 6.07) is 9.51. The van der Waals surface area contributed by atoms with Crippen molar-refractivity contribution in [1.29, 1.82) is 0 Å². The van der Waals surface area contributed by atoms with Crippen LogP contribution in [0.15, 0.2) is 55.1 Å². The number of halogens is 2. The van der Waals surface area contributed by atoms with E-state index in [4.69, 9.17) is 9.72 Å². The zero-order valence-electron chi connectivity index (χ0n) is 18.5. The van der Waals surface area contributed by atoms with Gasteiger partial charge in [-0.25, -0.2) is 18.7 Å². The van der Waals surface area contributed by atoms with Gasteiger partial charge in [-0.2, -0.15) is 4.98 Å². The molecular weight excluding hydrogens is 454 g/mol. The van der Waals surface area contributed by atoms with E-state index in [1.165, 1.54) is 19.6 Å². The lowest BCUT2D eigenvalue weighted by Crippen LogP contribution is -2.01. The second-order valence-electron chi connectivity index (χ2n) is 7.73. The Kier molecular flexibility index (Phi) is 4.69. The first-order valence-corrected chi connectivity index (χ1v) is 10.5. The Bertz CT molecular complexity index is 1730. The van der Waals surface area contributed by atoms with Crippen LogP contribution in [0.3, 0.4) is 0 Å². The highest BCUT2D eigenvalue weighted by Crippen LogP contribution is 2.36. The van der Waals surface area contributed by atoms with Crippen LogP contribution in [0, 0.1) is 18.6 Å². The summed E-state index contributed by atoms with van der Waals surface area (Å²) in [7, 11) is 1.49. The third-order valence-corrected chi connectivity index (χ3v) is 5.72. The maximum atomic E-state index is 15.0. The zero-order valence-corrected chi connectivity index (χ0v) is 18.5. The van der Waals surface area contributed by atoms with Crippen LogP contribution in [-0.4, -0.2) is 46.8 Å². The lowest BCUT2D eigenvalue weighted by Gasteiger charge is -2.13. The predicted octanol–water partition coefficient (Wildman–Crippen LogP) is 4.41. The number of benzene rings is 2. The van der Waals surface area contributed by atoms with Gasteiger partial charge < -0.3 is 9.72 Å². The van der Waals surface area contributed by atoms with Crippen LogP contribution in [0.1, 0.15) is 5.82 Å². The molecule has 4 aromatic heterocycles. The number of nitrogens with zero attached hydrogens (tertiary/aromatic N) is 7. The van der Waals surface area contributed by atoms with Crippen molar-refractivity contribution in [1.82, 2.24) is 39.7 Å². The Labute approximate surface area is 196 Å². The molecule has 0 aliphatic rings. The first kappa shape index (κ1) is 20.8. The third kappa shape index (κ3) is 3.28. The van der Waals surface area contributed by atoms with Gasteiger partial charge in [-0.1, -0.05) is 0 Å². The van der Waals surface area contributed by atoms with Crippen LogP contribution in [0.2, 0.25) is 0 Å². The lowest BCUT2D eigenvalue weighted by molar-refractivity contribution is 0.380. The zero-order chi connectivity index (χ0) is 24.1. The molecule has 0 radical (unpaired) electrons. The molecule has 0 aliphatic carbocycles. The summed E-state index contributed by atoms with van der Waals surface area (Å²) in [4.78, 5) is 20.4. The van der Waals surface area contributed by atoms with E-state index in [9.17, 15) is 8.78 Å². The highest BCUT2D eigenvalue weighted by Gasteiger charge is 2.21. The Balaban J connectivity index is 1.72. The van der Waals surface area contributed by atoms with E-state index in [1.807, 2.05) is 12.1 Å². The number of aryl methyl sites for hydroxylation is 1. The molecule has 9 nitrogen and oxygen atoms in total. The van der Waals surface area contributed by atoms with Crippen molar-refractivity contribution in [3.63, 3.8) is 0 Å². The summed E-state index contributed by atoms with van der Waals surface area (Å²) in [5.74, 6) is -0.131. The molecule has 0 aliphatic heterocycles. The fourth-order valence-corrected chi connectivity index (χ4v) is 4.23. The average molecular weight is 470 g/mol. The van der Waals surface area contributed by atoms with Crippen LogP contribution in [0.5, 0.6) is 6.01 Å². The van der Waals surface area contributed by atoms with Crippen LogP contribution in [0.25, 0.3) is 50.3 Å². The monoisotopic (exact) mass is 470 g/mol. The first-order valence-electron chi connectivity index (χ1n) is 10.5. The summed E-state index contributed by atoms with van der Waals surface area (Å²) in [6.45, 7) is 1.79. The minimum absolute atomic E-state index is 0.0594. The van der Waals surface area contributed by atoms with Crippen LogP contribution in [0.4, 0.5) is 8.78 Å². The predicted molar refractivity (Wildman–Crippen MR) is 124 cm³/mol. The van der Waals surface area contributed by atoms with Gasteiger partial charge in [0.25, 0.3) is 0 Å². The number of methoxy groups -OCH3 is 1. The number of aromatic nitrogens is 8. The van der Waals surface area contributed by atoms with Crippen LogP contribution >= 0.6 is 0 Å². The van der Waals surface area contributed by atoms with E-state index >= 15 is 0 Å². The van der Waals surface area contributed by atoms with Gasteiger partial charge >= 0.3 is 6.01 Å². The van der Waals surface area contributed by atoms with Crippen molar-refractivity contribution in [3.8, 4) is 34.3 Å². The molecule has 6 rings (SSSR count). The number of fused-ring (bicyclic) bond motifs is 2. The number of pyridine rings is 1. The van der Waals surface area contributed by atoms with E-state index in [-0.39, 0.29) is 16.9 Å². The molecule has 0 bridgehead atoms. The Hall–Kier alpha value is -4.80. The molecule has 11 heteroatoms. The number of aromatic amines is 1. The minimum Gasteiger partial charge on any atom is -0.467 e. The number of nitrogens with one attached hydrogen (secondary N) is 1. The molecule has 1 N–H and O–H groups in total. The molecule has 0 fully saturated rings. The van der Waals surface area contributed by atoms with Crippen molar-refractivity contribution in [2.75, 3.05) is 7.11 Å². The summed E-state index contributed by atoms with van der Waals surface area (Å²) in [5, 5.41) is 8.12. The number of ether oxygens (including phenoxy) is 1. The molecule has 0 saturated carbocycles. The average Bonchev–Trinajstić information content (AvgIpc) is 3.53. The third-order valence-electron chi connectivity index (χ3n) is 5.72. The smallest absolute Gasteiger partial charge is 0.316 e. The minimum atomic E-state index is -0.610. The quantitative estimate of drug-likeness (QED) is 0.407. The van der Waals surface area contributed by atoms with E-state index in [2.05, 4.69) is 30.1 Å². The van der Waals surface area contributed by atoms with Crippen molar-refractivity contribution in [2.24, 2.45) is 0 Å². The van der Waals surface area contributed by atoms with Gasteiger partial charge in [0.05, 0.1) is 29.4 Å². The summed E-state index contributed by atoms with van der Waals surface area (Å²) in [5.41, 5.74) is 3.58. The van der Waals surface area contributed by atoms with Crippen LogP contribution < -0.4 is 4.74 Å². The molecule has 6 aromatic rings. The largest absolute Gasteiger partial charge is 0.467 e. The number of H-pyrrole nitrogens is 1. The summed E-state index contributed by atoms with van der Waals surface area (Å²) in [6.07, 6.45) is 4.51. The molecule has 172 valence electrons.